The number of benzene rings is 1. The van der Waals surface area contributed by atoms with Gasteiger partial charge in [-0.3, -0.25) is 0 Å². The van der Waals surface area contributed by atoms with Gasteiger partial charge in [-0.2, -0.15) is 0 Å². The molecule has 0 saturated heterocycles. The molecule has 0 aliphatic rings. The standard InChI is InChI=1S/C12H17N/c1-4-12(13(2)3)10-11-8-6-5-7-9-11/h4-9,12H,1,10H2,2-3H3. The second-order valence-electron chi connectivity index (χ2n) is 3.46. The third-order valence-electron chi connectivity index (χ3n) is 2.22. The van der Waals surface area contributed by atoms with E-state index in [1.807, 2.05) is 12.1 Å². The maximum Gasteiger partial charge on any atom is 0.0309 e. The third kappa shape index (κ3) is 3.03. The van der Waals surface area contributed by atoms with Crippen LogP contribution >= 0.6 is 0 Å². The summed E-state index contributed by atoms with van der Waals surface area (Å²) in [5.41, 5.74) is 1.36. The first-order valence-corrected chi connectivity index (χ1v) is 4.57. The molecule has 0 N–H and O–H groups in total. The van der Waals surface area contributed by atoms with Crippen molar-refractivity contribution >= 4 is 0 Å². The van der Waals surface area contributed by atoms with E-state index in [4.69, 9.17) is 0 Å². The van der Waals surface area contributed by atoms with Gasteiger partial charge in [-0.1, -0.05) is 36.4 Å². The quantitative estimate of drug-likeness (QED) is 0.635. The molecule has 1 atom stereocenters. The molecule has 0 radical (unpaired) electrons. The van der Waals surface area contributed by atoms with Crippen molar-refractivity contribution in [3.05, 3.63) is 48.6 Å². The van der Waals surface area contributed by atoms with Gasteiger partial charge >= 0.3 is 0 Å². The van der Waals surface area contributed by atoms with Crippen molar-refractivity contribution in [3.8, 4) is 0 Å². The first kappa shape index (κ1) is 10.0. The molecule has 0 fully saturated rings. The highest BCUT2D eigenvalue weighted by Crippen LogP contribution is 2.06. The Kier molecular flexibility index (Phi) is 3.71. The van der Waals surface area contributed by atoms with E-state index < -0.39 is 0 Å². The molecule has 1 heteroatoms. The van der Waals surface area contributed by atoms with E-state index in [0.717, 1.165) is 6.42 Å². The molecule has 13 heavy (non-hydrogen) atoms. The predicted molar refractivity (Wildman–Crippen MR) is 57.8 cm³/mol. The molecule has 1 aromatic carbocycles. The van der Waals surface area contributed by atoms with Crippen LogP contribution in [-0.4, -0.2) is 25.0 Å². The highest BCUT2D eigenvalue weighted by molar-refractivity contribution is 5.17. The van der Waals surface area contributed by atoms with Crippen LogP contribution in [0.2, 0.25) is 0 Å². The predicted octanol–water partition coefficient (Wildman–Crippen LogP) is 2.35. The van der Waals surface area contributed by atoms with Gasteiger partial charge in [0.05, 0.1) is 0 Å². The van der Waals surface area contributed by atoms with Gasteiger partial charge < -0.3 is 4.90 Å². The fraction of sp³-hybridized carbons (Fsp3) is 0.333. The molecule has 0 aliphatic heterocycles. The lowest BCUT2D eigenvalue weighted by Crippen LogP contribution is -2.27. The Morgan fingerprint density at radius 1 is 1.31 bits per heavy atom. The molecule has 1 rings (SSSR count). The van der Waals surface area contributed by atoms with Crippen LogP contribution in [0.3, 0.4) is 0 Å². The largest absolute Gasteiger partial charge is 0.303 e. The number of nitrogens with zero attached hydrogens (tertiary/aromatic N) is 1. The summed E-state index contributed by atoms with van der Waals surface area (Å²) < 4.78 is 0. The van der Waals surface area contributed by atoms with Crippen molar-refractivity contribution in [3.63, 3.8) is 0 Å². The first-order valence-electron chi connectivity index (χ1n) is 4.57. The minimum atomic E-state index is 0.433. The molecule has 0 spiro atoms. The van der Waals surface area contributed by atoms with E-state index in [0.29, 0.717) is 6.04 Å². The Labute approximate surface area is 80.7 Å². The summed E-state index contributed by atoms with van der Waals surface area (Å²) in [4.78, 5) is 2.18. The van der Waals surface area contributed by atoms with Crippen LogP contribution in [0.15, 0.2) is 43.0 Å². The van der Waals surface area contributed by atoms with Gasteiger partial charge in [0.2, 0.25) is 0 Å². The molecule has 0 aromatic heterocycles. The fourth-order valence-electron chi connectivity index (χ4n) is 1.33. The number of rotatable bonds is 4. The van der Waals surface area contributed by atoms with Crippen LogP contribution in [0.25, 0.3) is 0 Å². The lowest BCUT2D eigenvalue weighted by Gasteiger charge is -2.20. The maximum atomic E-state index is 3.84. The summed E-state index contributed by atoms with van der Waals surface area (Å²) >= 11 is 0. The van der Waals surface area contributed by atoms with Crippen molar-refractivity contribution in [2.24, 2.45) is 0 Å². The van der Waals surface area contributed by atoms with Crippen LogP contribution in [0.5, 0.6) is 0 Å². The van der Waals surface area contributed by atoms with Crippen LogP contribution in [0.1, 0.15) is 5.56 Å². The van der Waals surface area contributed by atoms with Crippen molar-refractivity contribution < 1.29 is 0 Å². The molecule has 0 heterocycles. The summed E-state index contributed by atoms with van der Waals surface area (Å²) in [6.45, 7) is 3.84. The van der Waals surface area contributed by atoms with E-state index >= 15 is 0 Å². The maximum absolute atomic E-state index is 3.84. The Balaban J connectivity index is 2.62. The SMILES string of the molecule is C=CC(Cc1ccccc1)N(C)C. The molecule has 0 bridgehead atoms. The van der Waals surface area contributed by atoms with Crippen molar-refractivity contribution in [1.82, 2.24) is 4.90 Å². The lowest BCUT2D eigenvalue weighted by atomic mass is 10.1. The number of likely N-dealkylation sites (N-methyl/N-ethyl adjacent to an activating group) is 1. The van der Waals surface area contributed by atoms with Gasteiger partial charge in [0.1, 0.15) is 0 Å². The van der Waals surface area contributed by atoms with Crippen LogP contribution < -0.4 is 0 Å². The summed E-state index contributed by atoms with van der Waals surface area (Å²) in [5.74, 6) is 0. The molecular weight excluding hydrogens is 158 g/mol. The lowest BCUT2D eigenvalue weighted by molar-refractivity contribution is 0.342. The summed E-state index contributed by atoms with van der Waals surface area (Å²) in [5, 5.41) is 0. The van der Waals surface area contributed by atoms with Crippen LogP contribution in [0.4, 0.5) is 0 Å². The van der Waals surface area contributed by atoms with E-state index in [1.54, 1.807) is 0 Å². The Morgan fingerprint density at radius 3 is 2.38 bits per heavy atom. The minimum Gasteiger partial charge on any atom is -0.303 e. The van der Waals surface area contributed by atoms with Gasteiger partial charge in [-0.15, -0.1) is 6.58 Å². The van der Waals surface area contributed by atoms with Crippen molar-refractivity contribution in [1.29, 1.82) is 0 Å². The Bertz CT molecular complexity index is 251. The molecule has 0 saturated carbocycles. The Hall–Kier alpha value is -1.08. The topological polar surface area (TPSA) is 3.24 Å². The average molecular weight is 175 g/mol. The summed E-state index contributed by atoms with van der Waals surface area (Å²) in [7, 11) is 4.16. The molecule has 1 unspecified atom stereocenters. The van der Waals surface area contributed by atoms with Crippen LogP contribution in [0, 0.1) is 0 Å². The highest BCUT2D eigenvalue weighted by atomic mass is 15.1. The molecule has 70 valence electrons. The van der Waals surface area contributed by atoms with Crippen molar-refractivity contribution in [2.75, 3.05) is 14.1 Å². The third-order valence-corrected chi connectivity index (χ3v) is 2.22. The molecular formula is C12H17N. The van der Waals surface area contributed by atoms with Gasteiger partial charge in [-0.25, -0.2) is 0 Å². The minimum absolute atomic E-state index is 0.433. The van der Waals surface area contributed by atoms with E-state index in [1.165, 1.54) is 5.56 Å². The smallest absolute Gasteiger partial charge is 0.0309 e. The molecule has 0 amide bonds. The van der Waals surface area contributed by atoms with E-state index in [9.17, 15) is 0 Å². The van der Waals surface area contributed by atoms with Gasteiger partial charge in [0, 0.05) is 6.04 Å². The van der Waals surface area contributed by atoms with E-state index in [-0.39, 0.29) is 0 Å². The van der Waals surface area contributed by atoms with E-state index in [2.05, 4.69) is 49.8 Å². The van der Waals surface area contributed by atoms with Gasteiger partial charge in [0.15, 0.2) is 0 Å². The fourth-order valence-corrected chi connectivity index (χ4v) is 1.33. The summed E-state index contributed by atoms with van der Waals surface area (Å²) in [6.07, 6.45) is 3.03. The zero-order valence-corrected chi connectivity index (χ0v) is 8.40. The zero-order valence-electron chi connectivity index (χ0n) is 8.40. The van der Waals surface area contributed by atoms with Gasteiger partial charge in [-0.05, 0) is 26.1 Å². The highest BCUT2D eigenvalue weighted by Gasteiger charge is 2.06. The first-order chi connectivity index (χ1) is 6.24. The second kappa shape index (κ2) is 4.83. The number of hydrogen-bond donors (Lipinski definition) is 0. The van der Waals surface area contributed by atoms with Gasteiger partial charge in [0.25, 0.3) is 0 Å². The average Bonchev–Trinajstić information content (AvgIpc) is 2.15. The van der Waals surface area contributed by atoms with Crippen molar-refractivity contribution in [2.45, 2.75) is 12.5 Å². The molecule has 1 aromatic rings. The second-order valence-corrected chi connectivity index (χ2v) is 3.46. The monoisotopic (exact) mass is 175 g/mol. The Morgan fingerprint density at radius 2 is 1.92 bits per heavy atom. The summed E-state index contributed by atoms with van der Waals surface area (Å²) in [6, 6.07) is 10.9. The number of hydrogen-bond acceptors (Lipinski definition) is 1. The normalized spacial score (nSPS) is 12.8. The van der Waals surface area contributed by atoms with Crippen LogP contribution in [-0.2, 0) is 6.42 Å². The molecule has 0 aliphatic carbocycles. The zero-order chi connectivity index (χ0) is 9.68. The molecule has 1 nitrogen and oxygen atoms in total.